The predicted molar refractivity (Wildman–Crippen MR) is 100 cm³/mol. The quantitative estimate of drug-likeness (QED) is 0.742. The zero-order valence-corrected chi connectivity index (χ0v) is 15.7. The van der Waals surface area contributed by atoms with E-state index < -0.39 is 0 Å². The van der Waals surface area contributed by atoms with Gasteiger partial charge in [-0.3, -0.25) is 9.36 Å². The summed E-state index contributed by atoms with van der Waals surface area (Å²) < 4.78 is 7.20. The first-order valence-electron chi connectivity index (χ1n) is 8.88. The molecule has 1 saturated heterocycles. The van der Waals surface area contributed by atoms with E-state index in [0.29, 0.717) is 31.4 Å². The Labute approximate surface area is 156 Å². The second kappa shape index (κ2) is 9.05. The highest BCUT2D eigenvalue weighted by Gasteiger charge is 2.23. The molecule has 26 heavy (non-hydrogen) atoms. The van der Waals surface area contributed by atoms with E-state index in [-0.39, 0.29) is 23.5 Å². The van der Waals surface area contributed by atoms with Gasteiger partial charge in [-0.05, 0) is 18.4 Å². The molecule has 1 amide bonds. The highest BCUT2D eigenvalue weighted by molar-refractivity contribution is 7.99. The monoisotopic (exact) mass is 376 g/mol. The van der Waals surface area contributed by atoms with Crippen molar-refractivity contribution in [2.75, 3.05) is 25.4 Å². The van der Waals surface area contributed by atoms with Crippen LogP contribution in [0.2, 0.25) is 0 Å². The van der Waals surface area contributed by atoms with Gasteiger partial charge in [-0.25, -0.2) is 9.89 Å². The molecule has 2 heterocycles. The van der Waals surface area contributed by atoms with Crippen LogP contribution in [0.1, 0.15) is 18.9 Å². The van der Waals surface area contributed by atoms with Gasteiger partial charge in [-0.15, -0.1) is 5.10 Å². The third-order valence-corrected chi connectivity index (χ3v) is 5.42. The molecule has 0 bridgehead atoms. The van der Waals surface area contributed by atoms with Crippen LogP contribution in [0.5, 0.6) is 0 Å². The van der Waals surface area contributed by atoms with Crippen molar-refractivity contribution in [2.24, 2.45) is 0 Å². The first kappa shape index (κ1) is 18.7. The Balaban J connectivity index is 1.56. The number of nitrogens with zero attached hydrogens (tertiary/aromatic N) is 3. The molecular weight excluding hydrogens is 352 g/mol. The summed E-state index contributed by atoms with van der Waals surface area (Å²) in [7, 11) is 0. The summed E-state index contributed by atoms with van der Waals surface area (Å²) in [6, 6.07) is 9.99. The Hall–Kier alpha value is -2.06. The molecule has 1 aromatic carbocycles. The number of aryl methyl sites for hydroxylation is 1. The number of hydrogen-bond donors (Lipinski definition) is 1. The van der Waals surface area contributed by atoms with Gasteiger partial charge in [0.25, 0.3) is 0 Å². The highest BCUT2D eigenvalue weighted by atomic mass is 32.2. The van der Waals surface area contributed by atoms with E-state index in [2.05, 4.69) is 17.1 Å². The molecule has 2 aromatic rings. The van der Waals surface area contributed by atoms with Crippen molar-refractivity contribution >= 4 is 17.7 Å². The van der Waals surface area contributed by atoms with E-state index in [9.17, 15) is 9.59 Å². The van der Waals surface area contributed by atoms with Crippen molar-refractivity contribution in [3.05, 3.63) is 46.4 Å². The molecule has 7 nitrogen and oxygen atoms in total. The van der Waals surface area contributed by atoms with E-state index in [1.54, 1.807) is 4.57 Å². The van der Waals surface area contributed by atoms with Gasteiger partial charge in [0.2, 0.25) is 5.91 Å². The number of ether oxygens (including phenoxy) is 1. The zero-order chi connectivity index (χ0) is 18.4. The standard InChI is InChI=1S/C18H24N4O3S/c1-2-15-12-21(10-11-25-15)16(23)13-26-18-20-19-17(24)22(18)9-8-14-6-4-3-5-7-14/h3-7,15H,2,8-13H2,1H3,(H,19,24)/t15-/m0/s1. The number of aromatic nitrogens is 3. The van der Waals surface area contributed by atoms with Gasteiger partial charge in [0.05, 0.1) is 18.5 Å². The Morgan fingerprint density at radius 1 is 1.38 bits per heavy atom. The van der Waals surface area contributed by atoms with Crippen LogP contribution in [0.15, 0.2) is 40.3 Å². The number of nitrogens with one attached hydrogen (secondary N) is 1. The summed E-state index contributed by atoms with van der Waals surface area (Å²) in [5, 5.41) is 7.11. The Bertz CT molecular complexity index is 774. The number of hydrogen-bond acceptors (Lipinski definition) is 5. The fourth-order valence-corrected chi connectivity index (χ4v) is 3.78. The lowest BCUT2D eigenvalue weighted by Crippen LogP contribution is -2.46. The predicted octanol–water partition coefficient (Wildman–Crippen LogP) is 1.54. The van der Waals surface area contributed by atoms with Crippen molar-refractivity contribution < 1.29 is 9.53 Å². The van der Waals surface area contributed by atoms with Crippen molar-refractivity contribution in [1.29, 1.82) is 0 Å². The maximum atomic E-state index is 12.5. The largest absolute Gasteiger partial charge is 0.375 e. The number of H-pyrrole nitrogens is 1. The van der Waals surface area contributed by atoms with Crippen molar-refractivity contribution in [2.45, 2.75) is 37.6 Å². The molecule has 1 fully saturated rings. The molecule has 0 spiro atoms. The smallest absolute Gasteiger partial charge is 0.343 e. The molecule has 0 radical (unpaired) electrons. The number of amides is 1. The van der Waals surface area contributed by atoms with E-state index in [1.165, 1.54) is 11.8 Å². The zero-order valence-electron chi connectivity index (χ0n) is 14.9. The second-order valence-corrected chi connectivity index (χ2v) is 7.17. The van der Waals surface area contributed by atoms with Crippen molar-refractivity contribution in [3.8, 4) is 0 Å². The summed E-state index contributed by atoms with van der Waals surface area (Å²) >= 11 is 1.30. The van der Waals surface area contributed by atoms with Crippen LogP contribution in [0.4, 0.5) is 0 Å². The van der Waals surface area contributed by atoms with Gasteiger partial charge in [0.1, 0.15) is 0 Å². The fourth-order valence-electron chi connectivity index (χ4n) is 2.91. The van der Waals surface area contributed by atoms with E-state index in [1.807, 2.05) is 35.2 Å². The third kappa shape index (κ3) is 4.76. The minimum Gasteiger partial charge on any atom is -0.375 e. The van der Waals surface area contributed by atoms with Crippen LogP contribution >= 0.6 is 11.8 Å². The van der Waals surface area contributed by atoms with Gasteiger partial charge < -0.3 is 9.64 Å². The molecule has 140 valence electrons. The number of carbonyl (C=O) groups excluding carboxylic acids is 1. The van der Waals surface area contributed by atoms with Gasteiger partial charge in [0, 0.05) is 19.6 Å². The van der Waals surface area contributed by atoms with Crippen LogP contribution in [0, 0.1) is 0 Å². The summed E-state index contributed by atoms with van der Waals surface area (Å²) in [5.41, 5.74) is 0.917. The number of benzene rings is 1. The average molecular weight is 376 g/mol. The number of morpholine rings is 1. The van der Waals surface area contributed by atoms with Gasteiger partial charge in [0.15, 0.2) is 5.16 Å². The van der Waals surface area contributed by atoms with Gasteiger partial charge >= 0.3 is 5.69 Å². The molecule has 8 heteroatoms. The molecule has 1 aliphatic rings. The lowest BCUT2D eigenvalue weighted by Gasteiger charge is -2.32. The molecule has 1 atom stereocenters. The summed E-state index contributed by atoms with van der Waals surface area (Å²) in [5.74, 6) is 0.327. The van der Waals surface area contributed by atoms with Crippen LogP contribution in [0.25, 0.3) is 0 Å². The highest BCUT2D eigenvalue weighted by Crippen LogP contribution is 2.16. The number of thioether (sulfide) groups is 1. The number of aromatic amines is 1. The molecule has 3 rings (SSSR count). The van der Waals surface area contributed by atoms with Crippen molar-refractivity contribution in [3.63, 3.8) is 0 Å². The average Bonchev–Trinajstić information content (AvgIpc) is 3.04. The van der Waals surface area contributed by atoms with Gasteiger partial charge in [-0.2, -0.15) is 0 Å². The summed E-state index contributed by atoms with van der Waals surface area (Å²) in [6.07, 6.45) is 1.76. The third-order valence-electron chi connectivity index (χ3n) is 4.46. The molecule has 1 aromatic heterocycles. The SMILES string of the molecule is CC[C@H]1CN(C(=O)CSc2n[nH]c(=O)n2CCc2ccccc2)CCO1. The summed E-state index contributed by atoms with van der Waals surface area (Å²) in [6.45, 7) is 4.43. The van der Waals surface area contributed by atoms with E-state index in [0.717, 1.165) is 18.4 Å². The lowest BCUT2D eigenvalue weighted by atomic mass is 10.1. The fraction of sp³-hybridized carbons (Fsp3) is 0.500. The van der Waals surface area contributed by atoms with Crippen molar-refractivity contribution in [1.82, 2.24) is 19.7 Å². The minimum absolute atomic E-state index is 0.0572. The second-order valence-electron chi connectivity index (χ2n) is 6.23. The van der Waals surface area contributed by atoms with Crippen LogP contribution in [0.3, 0.4) is 0 Å². The maximum absolute atomic E-state index is 12.5. The summed E-state index contributed by atoms with van der Waals surface area (Å²) in [4.78, 5) is 26.3. The van der Waals surface area contributed by atoms with E-state index in [4.69, 9.17) is 4.74 Å². The maximum Gasteiger partial charge on any atom is 0.343 e. The normalized spacial score (nSPS) is 17.4. The molecule has 0 saturated carbocycles. The molecular formula is C18H24N4O3S. The first-order valence-corrected chi connectivity index (χ1v) is 9.87. The van der Waals surface area contributed by atoms with Crippen LogP contribution < -0.4 is 5.69 Å². The Kier molecular flexibility index (Phi) is 6.51. The molecule has 0 aliphatic carbocycles. The topological polar surface area (TPSA) is 80.2 Å². The first-order chi connectivity index (χ1) is 12.7. The molecule has 1 aliphatic heterocycles. The van der Waals surface area contributed by atoms with Gasteiger partial charge in [-0.1, -0.05) is 49.0 Å². The molecule has 1 N–H and O–H groups in total. The lowest BCUT2D eigenvalue weighted by molar-refractivity contribution is -0.135. The minimum atomic E-state index is -0.242. The Morgan fingerprint density at radius 3 is 2.96 bits per heavy atom. The van der Waals surface area contributed by atoms with Crippen LogP contribution in [-0.2, 0) is 22.5 Å². The number of carbonyl (C=O) groups is 1. The number of rotatable bonds is 7. The van der Waals surface area contributed by atoms with E-state index >= 15 is 0 Å². The Morgan fingerprint density at radius 2 is 2.19 bits per heavy atom. The molecule has 0 unspecified atom stereocenters. The van der Waals surface area contributed by atoms with Crippen LogP contribution in [-0.4, -0.2) is 57.1 Å².